The molecule has 0 spiro atoms. The molecule has 0 aliphatic rings. The van der Waals surface area contributed by atoms with Crippen molar-refractivity contribution in [3.8, 4) is 0 Å². The lowest BCUT2D eigenvalue weighted by molar-refractivity contribution is -0.870. The summed E-state index contributed by atoms with van der Waals surface area (Å²) >= 11 is 0. The van der Waals surface area contributed by atoms with Gasteiger partial charge in [-0.1, -0.05) is 348 Å². The third kappa shape index (κ3) is 72.4. The maximum atomic E-state index is 13.1. The normalized spacial score (nSPS) is 14.2. The number of unbranched alkanes of at least 4 members (excludes halogenated alkanes) is 40. The summed E-state index contributed by atoms with van der Waals surface area (Å²) in [5, 5.41) is 14.0. The predicted molar refractivity (Wildman–Crippen MR) is 392 cm³/mol. The number of quaternary nitrogens is 1. The second-order valence-electron chi connectivity index (χ2n) is 26.6. The first kappa shape index (κ1) is 86.2. The first-order chi connectivity index (χ1) is 43.5. The molecule has 89 heavy (non-hydrogen) atoms. The number of aliphatic hydroxyl groups is 1. The molecule has 0 rings (SSSR count). The number of carbonyl (C=O) groups is 1. The highest BCUT2D eigenvalue weighted by molar-refractivity contribution is 7.47. The van der Waals surface area contributed by atoms with Crippen LogP contribution in [0.3, 0.4) is 0 Å². The van der Waals surface area contributed by atoms with Crippen LogP contribution in [-0.2, 0) is 18.4 Å². The van der Waals surface area contributed by atoms with Crippen molar-refractivity contribution in [3.63, 3.8) is 0 Å². The standard InChI is InChI=1S/C80H145N2O6P/c1-6-8-10-12-14-16-18-20-22-24-26-28-30-32-34-36-38-39-40-41-42-43-44-46-48-50-52-54-56-58-60-62-64-66-68-70-72-74-80(84)81-78(77-88-89(85,86)87-76-75-82(3,4)5)79(83)73-71-69-67-65-63-61-59-57-55-53-51-49-47-45-37-35-33-31-29-27-25-23-21-19-17-15-13-11-9-7-2/h8,10,14,16,20,22,26,28,32,34,38-39,55,57,63,65,71,73,78-79,83H,6-7,9,11-13,15,17-19,21,23-25,27,29-31,33,35-37,40-54,56,58-62,64,66-70,72,74-77H2,1-5H3,(H-,81,84,85,86)/p+1/b10-8-,16-14-,22-20-,28-26-,34-32-,39-38-,57-55+,65-63+,73-71+. The number of allylic oxidation sites excluding steroid dienone is 17. The van der Waals surface area contributed by atoms with Crippen molar-refractivity contribution in [2.75, 3.05) is 40.9 Å². The first-order valence-corrected chi connectivity index (χ1v) is 39.3. The Labute approximate surface area is 552 Å². The molecule has 0 aliphatic heterocycles. The molecule has 8 nitrogen and oxygen atoms in total. The second-order valence-corrected chi connectivity index (χ2v) is 28.1. The van der Waals surface area contributed by atoms with E-state index in [2.05, 4.69) is 116 Å². The molecule has 3 atom stereocenters. The Morgan fingerprint density at radius 2 is 0.685 bits per heavy atom. The minimum absolute atomic E-state index is 0.0509. The number of rotatable bonds is 69. The summed E-state index contributed by atoms with van der Waals surface area (Å²) in [6.07, 6.45) is 103. The molecular formula is C80H146N2O6P+. The smallest absolute Gasteiger partial charge is 0.387 e. The van der Waals surface area contributed by atoms with Crippen LogP contribution in [0.4, 0.5) is 0 Å². The Morgan fingerprint density at radius 1 is 0.393 bits per heavy atom. The molecule has 3 unspecified atom stereocenters. The quantitative estimate of drug-likeness (QED) is 0.0243. The number of hydrogen-bond acceptors (Lipinski definition) is 5. The van der Waals surface area contributed by atoms with Crippen molar-refractivity contribution in [2.45, 2.75) is 353 Å². The van der Waals surface area contributed by atoms with Gasteiger partial charge in [0, 0.05) is 6.42 Å². The van der Waals surface area contributed by atoms with E-state index in [0.29, 0.717) is 17.4 Å². The first-order valence-electron chi connectivity index (χ1n) is 37.8. The van der Waals surface area contributed by atoms with E-state index in [0.717, 1.165) is 83.5 Å². The lowest BCUT2D eigenvalue weighted by atomic mass is 10.0. The van der Waals surface area contributed by atoms with Crippen molar-refractivity contribution in [1.82, 2.24) is 5.32 Å². The molecule has 516 valence electrons. The van der Waals surface area contributed by atoms with Crippen LogP contribution >= 0.6 is 7.82 Å². The van der Waals surface area contributed by atoms with Crippen LogP contribution in [0, 0.1) is 0 Å². The molecule has 0 heterocycles. The highest BCUT2D eigenvalue weighted by Gasteiger charge is 2.28. The van der Waals surface area contributed by atoms with Crippen LogP contribution in [0.2, 0.25) is 0 Å². The van der Waals surface area contributed by atoms with Gasteiger partial charge in [-0.15, -0.1) is 0 Å². The van der Waals surface area contributed by atoms with Crippen LogP contribution in [-0.4, -0.2) is 73.4 Å². The SMILES string of the molecule is CC/C=C\C/C=C\C/C=C\C/C=C\C/C=C\C/C=C\CCCCCCCCCCCCCCCCCCCCC(=O)NC(COP(=O)(O)OCC[N+](C)(C)C)C(O)/C=C/CC/C=C/CC/C=C/CCCCCCCCCCCCCCCCCCCCCC. The van der Waals surface area contributed by atoms with Crippen molar-refractivity contribution < 1.29 is 32.9 Å². The molecule has 0 bridgehead atoms. The lowest BCUT2D eigenvalue weighted by Gasteiger charge is -2.25. The predicted octanol–water partition coefficient (Wildman–Crippen LogP) is 24.6. The summed E-state index contributed by atoms with van der Waals surface area (Å²) in [4.78, 5) is 23.5. The van der Waals surface area contributed by atoms with Crippen molar-refractivity contribution in [1.29, 1.82) is 0 Å². The van der Waals surface area contributed by atoms with Gasteiger partial charge in [0.25, 0.3) is 0 Å². The van der Waals surface area contributed by atoms with Crippen LogP contribution in [0.25, 0.3) is 0 Å². The summed E-state index contributed by atoms with van der Waals surface area (Å²) in [5.41, 5.74) is 0. The lowest BCUT2D eigenvalue weighted by Crippen LogP contribution is -2.45. The largest absolute Gasteiger partial charge is 0.472 e. The van der Waals surface area contributed by atoms with E-state index in [1.165, 1.54) is 238 Å². The topological polar surface area (TPSA) is 105 Å². The zero-order valence-corrected chi connectivity index (χ0v) is 60.0. The average molecular weight is 1260 g/mol. The number of nitrogens with one attached hydrogen (secondary N) is 1. The molecular weight excluding hydrogens is 1120 g/mol. The van der Waals surface area contributed by atoms with Gasteiger partial charge in [0.15, 0.2) is 0 Å². The van der Waals surface area contributed by atoms with Crippen LogP contribution < -0.4 is 5.32 Å². The Kier molecular flexibility index (Phi) is 67.3. The highest BCUT2D eigenvalue weighted by Crippen LogP contribution is 2.43. The number of hydrogen-bond donors (Lipinski definition) is 3. The number of phosphoric ester groups is 1. The third-order valence-electron chi connectivity index (χ3n) is 16.7. The number of amides is 1. The van der Waals surface area contributed by atoms with E-state index in [9.17, 15) is 19.4 Å². The van der Waals surface area contributed by atoms with Gasteiger partial charge in [-0.25, -0.2) is 4.57 Å². The molecule has 0 saturated heterocycles. The van der Waals surface area contributed by atoms with Crippen molar-refractivity contribution in [2.24, 2.45) is 0 Å². The maximum absolute atomic E-state index is 13.1. The van der Waals surface area contributed by atoms with E-state index in [1.54, 1.807) is 6.08 Å². The fourth-order valence-electron chi connectivity index (χ4n) is 10.9. The van der Waals surface area contributed by atoms with Gasteiger partial charge in [-0.3, -0.25) is 13.8 Å². The molecule has 0 aromatic carbocycles. The van der Waals surface area contributed by atoms with Gasteiger partial charge in [0.2, 0.25) is 5.91 Å². The van der Waals surface area contributed by atoms with Crippen LogP contribution in [0.15, 0.2) is 109 Å². The molecule has 1 amide bonds. The summed E-state index contributed by atoms with van der Waals surface area (Å²) in [7, 11) is 1.55. The van der Waals surface area contributed by atoms with Gasteiger partial charge in [0.05, 0.1) is 39.9 Å². The fraction of sp³-hybridized carbons (Fsp3) is 0.762. The number of phosphoric acid groups is 1. The Balaban J connectivity index is 4.07. The fourth-order valence-corrected chi connectivity index (χ4v) is 11.6. The van der Waals surface area contributed by atoms with Gasteiger partial charge in [0.1, 0.15) is 13.2 Å². The van der Waals surface area contributed by atoms with Gasteiger partial charge < -0.3 is 19.8 Å². The average Bonchev–Trinajstić information content (AvgIpc) is 3.57. The van der Waals surface area contributed by atoms with Gasteiger partial charge in [-0.05, 0) is 96.3 Å². The number of carbonyl (C=O) groups excluding carboxylic acids is 1. The summed E-state index contributed by atoms with van der Waals surface area (Å²) < 4.78 is 23.8. The van der Waals surface area contributed by atoms with E-state index < -0.39 is 20.0 Å². The Morgan fingerprint density at radius 3 is 1.03 bits per heavy atom. The van der Waals surface area contributed by atoms with Crippen LogP contribution in [0.5, 0.6) is 0 Å². The molecule has 3 N–H and O–H groups in total. The van der Waals surface area contributed by atoms with Gasteiger partial charge in [-0.2, -0.15) is 0 Å². The maximum Gasteiger partial charge on any atom is 0.472 e. The van der Waals surface area contributed by atoms with Gasteiger partial charge >= 0.3 is 7.82 Å². The van der Waals surface area contributed by atoms with E-state index in [4.69, 9.17) is 9.05 Å². The summed E-state index contributed by atoms with van der Waals surface area (Å²) in [6.45, 7) is 4.71. The molecule has 9 heteroatoms. The Bertz CT molecular complexity index is 1820. The third-order valence-corrected chi connectivity index (χ3v) is 17.7. The molecule has 0 saturated carbocycles. The zero-order valence-electron chi connectivity index (χ0n) is 59.2. The van der Waals surface area contributed by atoms with Crippen molar-refractivity contribution >= 4 is 13.7 Å². The minimum atomic E-state index is -4.37. The highest BCUT2D eigenvalue weighted by atomic mass is 31.2. The molecule has 0 radical (unpaired) electrons. The number of nitrogens with zero attached hydrogens (tertiary/aromatic N) is 1. The van der Waals surface area contributed by atoms with E-state index in [-0.39, 0.29) is 19.1 Å². The van der Waals surface area contributed by atoms with E-state index in [1.807, 2.05) is 27.2 Å². The second kappa shape index (κ2) is 69.5. The monoisotopic (exact) mass is 1260 g/mol. The summed E-state index contributed by atoms with van der Waals surface area (Å²) in [6, 6.07) is -0.877. The summed E-state index contributed by atoms with van der Waals surface area (Å²) in [5.74, 6) is -0.189. The molecule has 0 fully saturated rings. The Hall–Kier alpha value is -2.84. The molecule has 0 aromatic heterocycles. The van der Waals surface area contributed by atoms with Crippen LogP contribution in [0.1, 0.15) is 341 Å². The minimum Gasteiger partial charge on any atom is -0.387 e. The molecule has 0 aliphatic carbocycles. The number of aliphatic hydroxyl groups excluding tert-OH is 1. The molecule has 0 aromatic rings. The number of likely N-dealkylation sites (N-methyl/N-ethyl adjacent to an activating group) is 1. The van der Waals surface area contributed by atoms with Crippen molar-refractivity contribution in [3.05, 3.63) is 109 Å². The van der Waals surface area contributed by atoms with E-state index >= 15 is 0 Å². The zero-order chi connectivity index (χ0) is 64.8.